The van der Waals surface area contributed by atoms with E-state index in [2.05, 4.69) is 17.6 Å². The van der Waals surface area contributed by atoms with Crippen LogP contribution in [0.1, 0.15) is 39.5 Å². The monoisotopic (exact) mass is 439 g/mol. The quantitative estimate of drug-likeness (QED) is 0.165. The first kappa shape index (κ1) is 30.9. The molecular weight excluding hydrogens is 410 g/mol. The lowest BCUT2D eigenvalue weighted by Crippen LogP contribution is -2.40. The molecule has 0 bridgehead atoms. The van der Waals surface area contributed by atoms with Gasteiger partial charge >= 0.3 is 11.9 Å². The lowest BCUT2D eigenvalue weighted by atomic mass is 10.1. The Morgan fingerprint density at radius 3 is 2.03 bits per heavy atom. The lowest BCUT2D eigenvalue weighted by Gasteiger charge is -2.11. The van der Waals surface area contributed by atoms with Crippen molar-refractivity contribution in [1.29, 1.82) is 0 Å². The van der Waals surface area contributed by atoms with E-state index in [0.29, 0.717) is 6.42 Å². The molecule has 0 aliphatic carbocycles. The van der Waals surface area contributed by atoms with Gasteiger partial charge in [-0.3, -0.25) is 24.0 Å². The molecule has 0 saturated carbocycles. The van der Waals surface area contributed by atoms with E-state index >= 15 is 0 Å². The third-order valence-corrected chi connectivity index (χ3v) is 3.80. The van der Waals surface area contributed by atoms with Gasteiger partial charge in [-0.05, 0) is 18.6 Å². The fourth-order valence-electron chi connectivity index (χ4n) is 1.46. The molecular formula is C16H29N3O9S. The van der Waals surface area contributed by atoms with Gasteiger partial charge in [0.15, 0.2) is 0 Å². The summed E-state index contributed by atoms with van der Waals surface area (Å²) in [5, 5.41) is 28.2. The molecule has 168 valence electrons. The molecule has 12 nitrogen and oxygen atoms in total. The Balaban J connectivity index is -0.000000410. The predicted octanol–water partition coefficient (Wildman–Crippen LogP) is -0.737. The number of thioether (sulfide) groups is 1. The van der Waals surface area contributed by atoms with Gasteiger partial charge in [-0.15, -0.1) is 0 Å². The first-order valence-corrected chi connectivity index (χ1v) is 9.59. The van der Waals surface area contributed by atoms with Gasteiger partial charge in [-0.25, -0.2) is 4.79 Å². The zero-order valence-corrected chi connectivity index (χ0v) is 17.2. The Morgan fingerprint density at radius 2 is 1.66 bits per heavy atom. The molecule has 0 aliphatic rings. The van der Waals surface area contributed by atoms with Crippen LogP contribution >= 0.6 is 11.8 Å². The lowest BCUT2D eigenvalue weighted by molar-refractivity contribution is -0.142. The number of nitrogens with two attached hydrogens (primary N) is 1. The number of primary amides is 1. The molecule has 0 radical (unpaired) electrons. The number of carbonyl (C=O) groups excluding carboxylic acids is 3. The van der Waals surface area contributed by atoms with E-state index in [4.69, 9.17) is 25.8 Å². The van der Waals surface area contributed by atoms with Crippen molar-refractivity contribution in [3.05, 3.63) is 0 Å². The number of carbonyl (C=O) groups is 6. The summed E-state index contributed by atoms with van der Waals surface area (Å²) in [6, 6.07) is -1.04. The Labute approximate surface area is 172 Å². The largest absolute Gasteiger partial charge is 0.483 e. The average Bonchev–Trinajstić information content (AvgIpc) is 2.61. The van der Waals surface area contributed by atoms with Crippen LogP contribution in [0.2, 0.25) is 0 Å². The summed E-state index contributed by atoms with van der Waals surface area (Å²) < 4.78 is 0. The van der Waals surface area contributed by atoms with Crippen LogP contribution in [0.15, 0.2) is 0 Å². The van der Waals surface area contributed by atoms with Crippen LogP contribution in [0.3, 0.4) is 0 Å². The molecule has 0 fully saturated rings. The zero-order chi connectivity index (χ0) is 23.2. The summed E-state index contributed by atoms with van der Waals surface area (Å²) in [5.41, 5.74) is 4.83. The summed E-state index contributed by atoms with van der Waals surface area (Å²) in [5.74, 6) is -1.59. The summed E-state index contributed by atoms with van der Waals surface area (Å²) >= 11 is 1.71. The van der Waals surface area contributed by atoms with Gasteiger partial charge in [0.25, 0.3) is 6.47 Å². The highest BCUT2D eigenvalue weighted by Crippen LogP contribution is 2.03. The van der Waals surface area contributed by atoms with Crippen molar-refractivity contribution in [2.45, 2.75) is 45.6 Å². The van der Waals surface area contributed by atoms with E-state index in [1.807, 2.05) is 0 Å². The topological polar surface area (TPSA) is 213 Å². The number of rotatable bonds is 12. The minimum atomic E-state index is -1.17. The van der Waals surface area contributed by atoms with Crippen molar-refractivity contribution in [2.24, 2.45) is 5.73 Å². The molecule has 29 heavy (non-hydrogen) atoms. The average molecular weight is 439 g/mol. The van der Waals surface area contributed by atoms with E-state index < -0.39 is 29.8 Å². The Kier molecular flexibility index (Phi) is 22.9. The second-order valence-electron chi connectivity index (χ2n) is 5.23. The number of carboxylic acids is 2. The van der Waals surface area contributed by atoms with E-state index in [0.717, 1.165) is 17.9 Å². The molecule has 3 amide bonds. The fraction of sp³-hybridized carbons (Fsp3) is 0.625. The van der Waals surface area contributed by atoms with Crippen molar-refractivity contribution in [3.8, 4) is 0 Å². The van der Waals surface area contributed by atoms with Gasteiger partial charge in [0, 0.05) is 25.5 Å². The maximum atomic E-state index is 10.9. The molecule has 0 spiro atoms. The third-order valence-electron chi connectivity index (χ3n) is 2.61. The Hall–Kier alpha value is -2.83. The minimum Gasteiger partial charge on any atom is -0.483 e. The molecule has 1 atom stereocenters. The van der Waals surface area contributed by atoms with Crippen LogP contribution in [-0.4, -0.2) is 75.5 Å². The highest BCUT2D eigenvalue weighted by Gasteiger charge is 2.18. The second-order valence-corrected chi connectivity index (χ2v) is 6.46. The summed E-state index contributed by atoms with van der Waals surface area (Å²) in [6.45, 7) is 2.76. The summed E-state index contributed by atoms with van der Waals surface area (Å²) in [4.78, 5) is 60.7. The van der Waals surface area contributed by atoms with Crippen LogP contribution in [0.25, 0.3) is 0 Å². The molecule has 13 heteroatoms. The smallest absolute Gasteiger partial charge is 0.326 e. The molecule has 7 N–H and O–H groups in total. The molecule has 0 aliphatic heterocycles. The van der Waals surface area contributed by atoms with Crippen molar-refractivity contribution in [1.82, 2.24) is 10.6 Å². The zero-order valence-electron chi connectivity index (χ0n) is 16.4. The van der Waals surface area contributed by atoms with Gasteiger partial charge in [-0.2, -0.15) is 11.8 Å². The molecule has 1 unspecified atom stereocenters. The molecule has 0 rings (SSSR count). The van der Waals surface area contributed by atoms with Gasteiger partial charge < -0.3 is 31.7 Å². The third kappa shape index (κ3) is 30.2. The van der Waals surface area contributed by atoms with Crippen LogP contribution < -0.4 is 16.4 Å². The maximum absolute atomic E-state index is 10.9. The highest BCUT2D eigenvalue weighted by atomic mass is 32.2. The first-order chi connectivity index (χ1) is 13.5. The summed E-state index contributed by atoms with van der Waals surface area (Å²) in [6.07, 6.45) is 1.46. The van der Waals surface area contributed by atoms with E-state index in [1.165, 1.54) is 6.92 Å². The molecule has 0 saturated heterocycles. The van der Waals surface area contributed by atoms with Crippen LogP contribution in [0, 0.1) is 0 Å². The number of nitrogens with one attached hydrogen (secondary N) is 2. The minimum absolute atomic E-state index is 0.0181. The Bertz CT molecular complexity index is 530. The van der Waals surface area contributed by atoms with Crippen molar-refractivity contribution >= 4 is 47.9 Å². The number of amides is 3. The number of aliphatic carboxylic acids is 2. The number of hydrogen-bond acceptors (Lipinski definition) is 7. The molecule has 0 aromatic carbocycles. The van der Waals surface area contributed by atoms with Gasteiger partial charge in [-0.1, -0.05) is 6.92 Å². The van der Waals surface area contributed by atoms with Crippen LogP contribution in [-0.2, 0) is 28.8 Å². The van der Waals surface area contributed by atoms with Gasteiger partial charge in [0.1, 0.15) is 12.6 Å². The second kappa shape index (κ2) is 21.5. The van der Waals surface area contributed by atoms with Crippen LogP contribution in [0.5, 0.6) is 0 Å². The van der Waals surface area contributed by atoms with Crippen molar-refractivity contribution < 1.29 is 44.1 Å². The Morgan fingerprint density at radius 1 is 1.10 bits per heavy atom. The van der Waals surface area contributed by atoms with Crippen molar-refractivity contribution in [3.63, 3.8) is 0 Å². The molecule has 0 aromatic rings. The van der Waals surface area contributed by atoms with E-state index in [9.17, 15) is 24.0 Å². The SMILES string of the molecule is CC(=O)NC(CCC(N)=O)C(=O)O.CCCSCCC(=O)NCC(=O)O.O=CO. The van der Waals surface area contributed by atoms with Gasteiger partial charge in [0.2, 0.25) is 17.7 Å². The highest BCUT2D eigenvalue weighted by molar-refractivity contribution is 7.99. The maximum Gasteiger partial charge on any atom is 0.326 e. The van der Waals surface area contributed by atoms with Gasteiger partial charge in [0.05, 0.1) is 0 Å². The first-order valence-electron chi connectivity index (χ1n) is 8.43. The number of hydrogen-bond donors (Lipinski definition) is 6. The normalized spacial score (nSPS) is 10.0. The van der Waals surface area contributed by atoms with E-state index in [-0.39, 0.29) is 31.8 Å². The van der Waals surface area contributed by atoms with Crippen molar-refractivity contribution in [2.75, 3.05) is 18.1 Å². The van der Waals surface area contributed by atoms with E-state index in [1.54, 1.807) is 11.8 Å². The van der Waals surface area contributed by atoms with Crippen LogP contribution in [0.4, 0.5) is 0 Å². The predicted molar refractivity (Wildman–Crippen MR) is 105 cm³/mol. The fourth-order valence-corrected chi connectivity index (χ4v) is 2.29. The molecule has 0 aromatic heterocycles. The summed E-state index contributed by atoms with van der Waals surface area (Å²) in [7, 11) is 0. The molecule has 0 heterocycles. The number of carboxylic acid groups (broad SMARTS) is 3. The standard InChI is InChI=1S/C8H15NO3S.C7H12N2O4.CH2O2/c1-2-4-13-5-3-7(10)9-6-8(11)12;1-4(10)9-5(7(12)13)2-3-6(8)11;2-1-3/h2-6H2,1H3,(H,9,10)(H,11,12);5H,2-3H2,1H3,(H2,8,11)(H,9,10)(H,12,13);1H,(H,2,3).